The standard InChI is InChI=1S/C16H13N3O3S/c17-10-11-2-1-3-13(8-11)19-23(21,22)14-5-6-15-12(9-14)4-7-16(20)18-15/h1-3,5-6,8-9,19H,4,7H2,(H,18,20). The van der Waals surface area contributed by atoms with Gasteiger partial charge in [-0.2, -0.15) is 5.26 Å². The van der Waals surface area contributed by atoms with E-state index in [1.807, 2.05) is 6.07 Å². The fourth-order valence-corrected chi connectivity index (χ4v) is 3.49. The van der Waals surface area contributed by atoms with Crippen molar-refractivity contribution >= 4 is 27.3 Å². The lowest BCUT2D eigenvalue weighted by atomic mass is 10.0. The number of sulfonamides is 1. The molecule has 3 rings (SSSR count). The van der Waals surface area contributed by atoms with E-state index in [4.69, 9.17) is 5.26 Å². The fourth-order valence-electron chi connectivity index (χ4n) is 2.39. The Hall–Kier alpha value is -2.85. The summed E-state index contributed by atoms with van der Waals surface area (Å²) in [5, 5.41) is 11.6. The fraction of sp³-hybridized carbons (Fsp3) is 0.125. The van der Waals surface area contributed by atoms with Crippen LogP contribution >= 0.6 is 0 Å². The van der Waals surface area contributed by atoms with Gasteiger partial charge >= 0.3 is 0 Å². The van der Waals surface area contributed by atoms with E-state index >= 15 is 0 Å². The van der Waals surface area contributed by atoms with Gasteiger partial charge in [0.25, 0.3) is 10.0 Å². The van der Waals surface area contributed by atoms with Gasteiger partial charge in [0.2, 0.25) is 5.91 Å². The zero-order valence-electron chi connectivity index (χ0n) is 12.0. The number of carbonyl (C=O) groups excluding carboxylic acids is 1. The Labute approximate surface area is 133 Å². The normalized spacial score (nSPS) is 13.6. The minimum atomic E-state index is -3.76. The predicted molar refractivity (Wildman–Crippen MR) is 85.4 cm³/mol. The van der Waals surface area contributed by atoms with Crippen molar-refractivity contribution in [3.05, 3.63) is 53.6 Å². The van der Waals surface area contributed by atoms with Crippen LogP contribution in [-0.2, 0) is 21.2 Å². The van der Waals surface area contributed by atoms with Gasteiger partial charge in [0, 0.05) is 12.1 Å². The molecule has 6 nitrogen and oxygen atoms in total. The molecule has 2 N–H and O–H groups in total. The summed E-state index contributed by atoms with van der Waals surface area (Å²) in [6.45, 7) is 0. The van der Waals surface area contributed by atoms with Crippen LogP contribution in [0, 0.1) is 11.3 Å². The first-order chi connectivity index (χ1) is 11.0. The average molecular weight is 327 g/mol. The summed E-state index contributed by atoms with van der Waals surface area (Å²) in [5.41, 5.74) is 2.14. The van der Waals surface area contributed by atoms with Gasteiger partial charge in [-0.15, -0.1) is 0 Å². The van der Waals surface area contributed by atoms with Crippen molar-refractivity contribution in [3.63, 3.8) is 0 Å². The summed E-state index contributed by atoms with van der Waals surface area (Å²) >= 11 is 0. The lowest BCUT2D eigenvalue weighted by Crippen LogP contribution is -2.20. The third-order valence-corrected chi connectivity index (χ3v) is 4.91. The summed E-state index contributed by atoms with van der Waals surface area (Å²) < 4.78 is 27.4. The number of nitrogens with zero attached hydrogens (tertiary/aromatic N) is 1. The molecule has 1 amide bonds. The number of fused-ring (bicyclic) bond motifs is 1. The molecular formula is C16H13N3O3S. The average Bonchev–Trinajstić information content (AvgIpc) is 2.54. The molecule has 0 aliphatic carbocycles. The number of benzene rings is 2. The number of aryl methyl sites for hydroxylation is 1. The second-order valence-corrected chi connectivity index (χ2v) is 6.85. The van der Waals surface area contributed by atoms with Crippen molar-refractivity contribution in [2.75, 3.05) is 10.0 Å². The van der Waals surface area contributed by atoms with Crippen LogP contribution in [0.5, 0.6) is 0 Å². The molecule has 0 saturated carbocycles. The van der Waals surface area contributed by atoms with E-state index in [1.165, 1.54) is 12.1 Å². The zero-order valence-corrected chi connectivity index (χ0v) is 12.9. The maximum atomic E-state index is 12.5. The number of carbonyl (C=O) groups is 1. The number of amides is 1. The number of rotatable bonds is 3. The van der Waals surface area contributed by atoms with Crippen molar-refractivity contribution < 1.29 is 13.2 Å². The molecule has 0 saturated heterocycles. The molecule has 0 radical (unpaired) electrons. The van der Waals surface area contributed by atoms with Crippen LogP contribution < -0.4 is 10.0 Å². The van der Waals surface area contributed by atoms with Gasteiger partial charge in [0.15, 0.2) is 0 Å². The Balaban J connectivity index is 1.91. The number of nitrogens with one attached hydrogen (secondary N) is 2. The molecule has 2 aromatic rings. The lowest BCUT2D eigenvalue weighted by molar-refractivity contribution is -0.116. The molecule has 116 valence electrons. The highest BCUT2D eigenvalue weighted by Crippen LogP contribution is 2.26. The van der Waals surface area contributed by atoms with Crippen molar-refractivity contribution in [3.8, 4) is 6.07 Å². The summed E-state index contributed by atoms with van der Waals surface area (Å²) in [6.07, 6.45) is 0.850. The SMILES string of the molecule is N#Cc1cccc(NS(=O)(=O)c2ccc3c(c2)CCC(=O)N3)c1. The van der Waals surface area contributed by atoms with Gasteiger partial charge in [0.05, 0.1) is 22.2 Å². The Morgan fingerprint density at radius 1 is 1.13 bits per heavy atom. The van der Waals surface area contributed by atoms with Crippen LogP contribution in [-0.4, -0.2) is 14.3 Å². The Bertz CT molecular complexity index is 930. The molecule has 0 bridgehead atoms. The molecule has 2 aromatic carbocycles. The summed E-state index contributed by atoms with van der Waals surface area (Å²) in [4.78, 5) is 11.5. The van der Waals surface area contributed by atoms with Gasteiger partial charge in [-0.05, 0) is 48.4 Å². The first-order valence-corrected chi connectivity index (χ1v) is 8.42. The van der Waals surface area contributed by atoms with E-state index < -0.39 is 10.0 Å². The Kier molecular flexibility index (Phi) is 3.76. The minimum Gasteiger partial charge on any atom is -0.326 e. The third-order valence-electron chi connectivity index (χ3n) is 3.53. The van der Waals surface area contributed by atoms with Crippen molar-refractivity contribution in [1.29, 1.82) is 5.26 Å². The first kappa shape index (κ1) is 15.1. The van der Waals surface area contributed by atoms with Gasteiger partial charge in [0.1, 0.15) is 0 Å². The predicted octanol–water partition coefficient (Wildman–Crippen LogP) is 2.24. The van der Waals surface area contributed by atoms with Crippen LogP contribution in [0.2, 0.25) is 0 Å². The molecule has 0 spiro atoms. The molecule has 0 fully saturated rings. The smallest absolute Gasteiger partial charge is 0.261 e. The van der Waals surface area contributed by atoms with Crippen molar-refractivity contribution in [1.82, 2.24) is 0 Å². The molecule has 0 unspecified atom stereocenters. The van der Waals surface area contributed by atoms with E-state index in [9.17, 15) is 13.2 Å². The van der Waals surface area contributed by atoms with Crippen LogP contribution in [0.25, 0.3) is 0 Å². The van der Waals surface area contributed by atoms with Gasteiger partial charge in [-0.1, -0.05) is 6.07 Å². The first-order valence-electron chi connectivity index (χ1n) is 6.94. The molecule has 1 heterocycles. The monoisotopic (exact) mass is 327 g/mol. The maximum absolute atomic E-state index is 12.5. The lowest BCUT2D eigenvalue weighted by Gasteiger charge is -2.17. The van der Waals surface area contributed by atoms with Gasteiger partial charge in [-0.25, -0.2) is 8.42 Å². The zero-order chi connectivity index (χ0) is 16.4. The number of hydrogen-bond donors (Lipinski definition) is 2. The number of nitriles is 1. The molecular weight excluding hydrogens is 314 g/mol. The summed E-state index contributed by atoms with van der Waals surface area (Å²) in [7, 11) is -3.76. The molecule has 1 aliphatic heterocycles. The molecule has 0 aromatic heterocycles. The van der Waals surface area contributed by atoms with Crippen LogP contribution in [0.15, 0.2) is 47.4 Å². The highest BCUT2D eigenvalue weighted by Gasteiger charge is 2.20. The topological polar surface area (TPSA) is 99.1 Å². The largest absolute Gasteiger partial charge is 0.326 e. The van der Waals surface area contributed by atoms with Crippen molar-refractivity contribution in [2.24, 2.45) is 0 Å². The van der Waals surface area contributed by atoms with Crippen LogP contribution in [0.4, 0.5) is 11.4 Å². The molecule has 1 aliphatic rings. The van der Waals surface area contributed by atoms with Crippen molar-refractivity contribution in [2.45, 2.75) is 17.7 Å². The summed E-state index contributed by atoms with van der Waals surface area (Å²) in [5.74, 6) is -0.0699. The van der Waals surface area contributed by atoms with E-state index in [-0.39, 0.29) is 10.8 Å². The Morgan fingerprint density at radius 2 is 1.96 bits per heavy atom. The van der Waals surface area contributed by atoms with Crippen LogP contribution in [0.1, 0.15) is 17.5 Å². The third kappa shape index (κ3) is 3.17. The van der Waals surface area contributed by atoms with Gasteiger partial charge < -0.3 is 5.32 Å². The van der Waals surface area contributed by atoms with E-state index in [0.717, 1.165) is 5.56 Å². The van der Waals surface area contributed by atoms with Crippen LogP contribution in [0.3, 0.4) is 0 Å². The Morgan fingerprint density at radius 3 is 2.74 bits per heavy atom. The van der Waals surface area contributed by atoms with E-state index in [0.29, 0.717) is 29.8 Å². The maximum Gasteiger partial charge on any atom is 0.261 e. The van der Waals surface area contributed by atoms with Gasteiger partial charge in [-0.3, -0.25) is 9.52 Å². The van der Waals surface area contributed by atoms with E-state index in [1.54, 1.807) is 30.3 Å². The molecule has 7 heteroatoms. The minimum absolute atomic E-state index is 0.0699. The second-order valence-electron chi connectivity index (χ2n) is 5.17. The molecule has 0 atom stereocenters. The highest BCUT2D eigenvalue weighted by molar-refractivity contribution is 7.92. The second kappa shape index (κ2) is 5.74. The number of hydrogen-bond acceptors (Lipinski definition) is 4. The quantitative estimate of drug-likeness (QED) is 0.903. The van der Waals surface area contributed by atoms with E-state index in [2.05, 4.69) is 10.0 Å². The molecule has 23 heavy (non-hydrogen) atoms. The number of anilines is 2. The highest BCUT2D eigenvalue weighted by atomic mass is 32.2. The summed E-state index contributed by atoms with van der Waals surface area (Å²) in [6, 6.07) is 12.8.